The van der Waals surface area contributed by atoms with E-state index >= 15 is 0 Å². The maximum atomic E-state index is 13.5. The van der Waals surface area contributed by atoms with Crippen molar-refractivity contribution in [2.45, 2.75) is 0 Å². The molecule has 1 aromatic heterocycles. The van der Waals surface area contributed by atoms with Gasteiger partial charge in [-0.3, -0.25) is 10.1 Å². The van der Waals surface area contributed by atoms with Crippen molar-refractivity contribution in [1.82, 2.24) is 4.57 Å². The number of nitriles is 1. The van der Waals surface area contributed by atoms with Gasteiger partial charge < -0.3 is 9.67 Å². The fourth-order valence-electron chi connectivity index (χ4n) is 1.74. The van der Waals surface area contributed by atoms with Crippen LogP contribution in [0.5, 0.6) is 0 Å². The summed E-state index contributed by atoms with van der Waals surface area (Å²) in [4.78, 5) is 21.0. The van der Waals surface area contributed by atoms with Crippen molar-refractivity contribution in [2.24, 2.45) is 0 Å². The average Bonchev–Trinajstić information content (AvgIpc) is 2.85. The van der Waals surface area contributed by atoms with Gasteiger partial charge in [-0.15, -0.1) is 0 Å². The molecule has 1 aromatic carbocycles. The maximum absolute atomic E-state index is 13.5. The molecule has 0 fully saturated rings. The number of rotatable bonds is 3. The minimum Gasteiger partial charge on any atom is -0.478 e. The highest BCUT2D eigenvalue weighted by Crippen LogP contribution is 2.27. The largest absolute Gasteiger partial charge is 0.478 e. The van der Waals surface area contributed by atoms with E-state index in [-0.39, 0.29) is 11.4 Å². The van der Waals surface area contributed by atoms with Crippen LogP contribution in [0, 0.1) is 27.3 Å². The fraction of sp³-hybridized carbons (Fsp3) is 0. The molecule has 0 amide bonds. The van der Waals surface area contributed by atoms with Gasteiger partial charge in [0, 0.05) is 6.20 Å². The van der Waals surface area contributed by atoms with E-state index in [1.165, 1.54) is 18.3 Å². The second-order valence-corrected chi connectivity index (χ2v) is 3.76. The van der Waals surface area contributed by atoms with Crippen molar-refractivity contribution in [3.8, 4) is 11.8 Å². The summed E-state index contributed by atoms with van der Waals surface area (Å²) in [7, 11) is 0. The van der Waals surface area contributed by atoms with E-state index in [0.29, 0.717) is 6.07 Å². The molecule has 0 saturated carbocycles. The molecule has 1 N–H and O–H groups in total. The highest BCUT2D eigenvalue weighted by atomic mass is 19.1. The van der Waals surface area contributed by atoms with Gasteiger partial charge in [0.15, 0.2) is 0 Å². The molecule has 2 rings (SSSR count). The van der Waals surface area contributed by atoms with Gasteiger partial charge in [0.05, 0.1) is 16.6 Å². The summed E-state index contributed by atoms with van der Waals surface area (Å²) < 4.78 is 14.6. The molecular formula is C12H6FN3O4. The third kappa shape index (κ3) is 2.08. The number of hydrogen-bond acceptors (Lipinski definition) is 4. The molecular weight excluding hydrogens is 269 g/mol. The lowest BCUT2D eigenvalue weighted by Gasteiger charge is -2.08. The van der Waals surface area contributed by atoms with Crippen LogP contribution < -0.4 is 0 Å². The van der Waals surface area contributed by atoms with Crippen molar-refractivity contribution in [1.29, 1.82) is 5.26 Å². The number of aromatic nitrogens is 1. The smallest absolute Gasteiger partial charge is 0.338 e. The number of carboxylic acids is 1. The summed E-state index contributed by atoms with van der Waals surface area (Å²) in [5.74, 6) is -2.76. The number of nitro groups is 1. The lowest BCUT2D eigenvalue weighted by Crippen LogP contribution is -2.07. The van der Waals surface area contributed by atoms with E-state index in [1.54, 1.807) is 6.07 Å². The van der Waals surface area contributed by atoms with Crippen LogP contribution in [-0.4, -0.2) is 20.6 Å². The molecule has 0 saturated heterocycles. The Morgan fingerprint density at radius 2 is 2.20 bits per heavy atom. The van der Waals surface area contributed by atoms with Crippen molar-refractivity contribution in [3.05, 3.63) is 57.7 Å². The third-order valence-corrected chi connectivity index (χ3v) is 2.61. The van der Waals surface area contributed by atoms with Crippen LogP contribution >= 0.6 is 0 Å². The van der Waals surface area contributed by atoms with Crippen LogP contribution in [0.1, 0.15) is 16.1 Å². The molecule has 8 heteroatoms. The van der Waals surface area contributed by atoms with Crippen molar-refractivity contribution in [3.63, 3.8) is 0 Å². The zero-order valence-electron chi connectivity index (χ0n) is 9.78. The van der Waals surface area contributed by atoms with Gasteiger partial charge in [0.2, 0.25) is 0 Å². The molecule has 0 aliphatic carbocycles. The molecule has 0 radical (unpaired) electrons. The van der Waals surface area contributed by atoms with E-state index in [1.807, 2.05) is 0 Å². The Balaban J connectivity index is 2.80. The van der Waals surface area contributed by atoms with Crippen molar-refractivity contribution >= 4 is 11.7 Å². The molecule has 0 bridgehead atoms. The highest BCUT2D eigenvalue weighted by Gasteiger charge is 2.23. The highest BCUT2D eigenvalue weighted by molar-refractivity contribution is 5.89. The predicted octanol–water partition coefficient (Wildman–Crippen LogP) is 2.09. The number of halogens is 1. The normalized spacial score (nSPS) is 10.0. The molecule has 1 heterocycles. The Morgan fingerprint density at radius 3 is 2.75 bits per heavy atom. The number of carbonyl (C=O) groups is 1. The van der Waals surface area contributed by atoms with E-state index in [0.717, 1.165) is 10.6 Å². The van der Waals surface area contributed by atoms with E-state index in [2.05, 4.69) is 0 Å². The minimum atomic E-state index is -1.55. The lowest BCUT2D eigenvalue weighted by molar-refractivity contribution is -0.384. The summed E-state index contributed by atoms with van der Waals surface area (Å²) >= 11 is 0. The van der Waals surface area contributed by atoms with Crippen LogP contribution in [-0.2, 0) is 0 Å². The Labute approximate surface area is 111 Å². The van der Waals surface area contributed by atoms with Crippen molar-refractivity contribution in [2.75, 3.05) is 0 Å². The van der Waals surface area contributed by atoms with Gasteiger partial charge in [-0.1, -0.05) is 0 Å². The van der Waals surface area contributed by atoms with Crippen LogP contribution in [0.25, 0.3) is 5.69 Å². The number of nitrogens with zero attached hydrogens (tertiary/aromatic N) is 3. The standard InChI is InChI=1S/C12H6FN3O4/c13-9-5-11(16(19)20)10(4-8(9)12(17)18)15-3-1-2-7(15)6-14/h1-5H,(H,17,18). The van der Waals surface area contributed by atoms with Crippen LogP contribution in [0.2, 0.25) is 0 Å². The zero-order valence-corrected chi connectivity index (χ0v) is 9.78. The van der Waals surface area contributed by atoms with Gasteiger partial charge in [-0.05, 0) is 18.2 Å². The Kier molecular flexibility index (Phi) is 3.18. The van der Waals surface area contributed by atoms with Gasteiger partial charge in [0.25, 0.3) is 5.69 Å². The summed E-state index contributed by atoms with van der Waals surface area (Å²) in [6, 6.07) is 6.02. The van der Waals surface area contributed by atoms with Crippen LogP contribution in [0.3, 0.4) is 0 Å². The van der Waals surface area contributed by atoms with Crippen LogP contribution in [0.4, 0.5) is 10.1 Å². The number of hydrogen-bond donors (Lipinski definition) is 1. The molecule has 0 unspecified atom stereocenters. The first-order chi connectivity index (χ1) is 9.45. The first kappa shape index (κ1) is 13.2. The first-order valence-corrected chi connectivity index (χ1v) is 5.24. The molecule has 7 nitrogen and oxygen atoms in total. The fourth-order valence-corrected chi connectivity index (χ4v) is 1.74. The second kappa shape index (κ2) is 4.81. The average molecular weight is 275 g/mol. The SMILES string of the molecule is N#Cc1cccn1-c1cc(C(=O)O)c(F)cc1[N+](=O)[O-]. The van der Waals surface area contributed by atoms with Gasteiger partial charge in [0.1, 0.15) is 23.3 Å². The number of carboxylic acid groups (broad SMARTS) is 1. The minimum absolute atomic E-state index is 0.0658. The summed E-state index contributed by atoms with van der Waals surface area (Å²) in [6.07, 6.45) is 1.35. The maximum Gasteiger partial charge on any atom is 0.338 e. The molecule has 0 aliphatic rings. The van der Waals surface area contributed by atoms with Gasteiger partial charge >= 0.3 is 5.97 Å². The summed E-state index contributed by atoms with van der Waals surface area (Å²) in [6.45, 7) is 0. The Bertz CT molecular complexity index is 761. The van der Waals surface area contributed by atoms with Crippen LogP contribution in [0.15, 0.2) is 30.5 Å². The van der Waals surface area contributed by atoms with E-state index in [4.69, 9.17) is 10.4 Å². The molecule has 2 aromatic rings. The number of benzene rings is 1. The Hall–Kier alpha value is -3.21. The van der Waals surface area contributed by atoms with Crippen molar-refractivity contribution < 1.29 is 19.2 Å². The van der Waals surface area contributed by atoms with Gasteiger partial charge in [-0.25, -0.2) is 9.18 Å². The third-order valence-electron chi connectivity index (χ3n) is 2.61. The lowest BCUT2D eigenvalue weighted by atomic mass is 10.1. The van der Waals surface area contributed by atoms with Gasteiger partial charge in [-0.2, -0.15) is 5.26 Å². The number of aromatic carboxylic acids is 1. The zero-order chi connectivity index (χ0) is 14.9. The quantitative estimate of drug-likeness (QED) is 0.681. The number of nitro benzene ring substituents is 1. The molecule has 0 atom stereocenters. The molecule has 0 aliphatic heterocycles. The molecule has 20 heavy (non-hydrogen) atoms. The second-order valence-electron chi connectivity index (χ2n) is 3.76. The summed E-state index contributed by atoms with van der Waals surface area (Å²) in [5, 5.41) is 28.7. The van der Waals surface area contributed by atoms with E-state index in [9.17, 15) is 19.3 Å². The monoisotopic (exact) mass is 275 g/mol. The van der Waals surface area contributed by atoms with E-state index < -0.39 is 28.0 Å². The predicted molar refractivity (Wildman–Crippen MR) is 64.1 cm³/mol. The molecule has 0 spiro atoms. The topological polar surface area (TPSA) is 109 Å². The Morgan fingerprint density at radius 1 is 1.50 bits per heavy atom. The molecule has 100 valence electrons. The summed E-state index contributed by atoms with van der Waals surface area (Å²) in [5.41, 5.74) is -1.45. The first-order valence-electron chi connectivity index (χ1n) is 5.24.